The van der Waals surface area contributed by atoms with E-state index in [1.165, 1.54) is 7.11 Å². The number of ether oxygens (including phenoxy) is 5. The number of aliphatic carboxylic acids is 1. The summed E-state index contributed by atoms with van der Waals surface area (Å²) in [7, 11) is 1.48. The molecule has 2 aliphatic rings. The Morgan fingerprint density at radius 3 is 2.44 bits per heavy atom. The molecule has 0 radical (unpaired) electrons. The van der Waals surface area contributed by atoms with Crippen LogP contribution in [0, 0.1) is 0 Å². The zero-order valence-corrected chi connectivity index (χ0v) is 15.4. The Bertz CT molecular complexity index is 515. The standard InChI is InChI=1S/C16H27NO8/c1-15(2,3)25-14(20)17-8(7-9(18)19)10-11(21-6)12-13(22-10)24-16(4,5)23-12/h8,10-13H,7H2,1-6H3,(H,17,20)(H,18,19)/t8-,10-,11+,12-,13-/m1/s1. The van der Waals surface area contributed by atoms with E-state index in [4.69, 9.17) is 23.7 Å². The molecule has 0 aromatic rings. The molecule has 0 aliphatic carbocycles. The van der Waals surface area contributed by atoms with E-state index in [0.29, 0.717) is 0 Å². The first-order valence-electron chi connectivity index (χ1n) is 8.17. The summed E-state index contributed by atoms with van der Waals surface area (Å²) < 4.78 is 27.9. The molecular formula is C16H27NO8. The van der Waals surface area contributed by atoms with E-state index in [1.54, 1.807) is 34.6 Å². The molecule has 0 unspecified atom stereocenters. The van der Waals surface area contributed by atoms with Crippen LogP contribution in [0.3, 0.4) is 0 Å². The third kappa shape index (κ3) is 5.04. The van der Waals surface area contributed by atoms with Gasteiger partial charge in [-0.1, -0.05) is 0 Å². The summed E-state index contributed by atoms with van der Waals surface area (Å²) in [5.41, 5.74) is -0.707. The molecule has 0 aromatic heterocycles. The first-order chi connectivity index (χ1) is 11.4. The smallest absolute Gasteiger partial charge is 0.407 e. The van der Waals surface area contributed by atoms with Crippen molar-refractivity contribution in [2.75, 3.05) is 7.11 Å². The Kier molecular flexibility index (Phi) is 5.62. The molecule has 2 saturated heterocycles. The third-order valence-corrected chi connectivity index (χ3v) is 3.79. The lowest BCUT2D eigenvalue weighted by atomic mass is 10.0. The molecular weight excluding hydrogens is 334 g/mol. The summed E-state index contributed by atoms with van der Waals surface area (Å²) in [6.45, 7) is 8.67. The molecule has 5 atom stereocenters. The van der Waals surface area contributed by atoms with Crippen molar-refractivity contribution < 1.29 is 38.4 Å². The highest BCUT2D eigenvalue weighted by atomic mass is 16.8. The highest BCUT2D eigenvalue weighted by Crippen LogP contribution is 2.39. The second kappa shape index (κ2) is 7.06. The molecule has 2 heterocycles. The van der Waals surface area contributed by atoms with Crippen molar-refractivity contribution in [1.82, 2.24) is 5.32 Å². The lowest BCUT2D eigenvalue weighted by Gasteiger charge is -2.30. The van der Waals surface area contributed by atoms with E-state index < -0.39 is 54.1 Å². The zero-order chi connectivity index (χ0) is 19.0. The van der Waals surface area contributed by atoms with Crippen molar-refractivity contribution in [3.63, 3.8) is 0 Å². The molecule has 144 valence electrons. The van der Waals surface area contributed by atoms with Crippen molar-refractivity contribution in [2.24, 2.45) is 0 Å². The predicted octanol–water partition coefficient (Wildman–Crippen LogP) is 1.25. The summed E-state index contributed by atoms with van der Waals surface area (Å²) in [4.78, 5) is 23.3. The first-order valence-corrected chi connectivity index (χ1v) is 8.17. The second-order valence-electron chi connectivity index (χ2n) is 7.62. The molecule has 0 spiro atoms. The predicted molar refractivity (Wildman–Crippen MR) is 84.9 cm³/mol. The number of carbonyl (C=O) groups excluding carboxylic acids is 1. The normalized spacial score (nSPS) is 32.1. The summed E-state index contributed by atoms with van der Waals surface area (Å²) in [5.74, 6) is -1.91. The maximum absolute atomic E-state index is 12.1. The number of carboxylic acids is 1. The number of alkyl carbamates (subject to hydrolysis) is 1. The zero-order valence-electron chi connectivity index (χ0n) is 15.4. The molecule has 0 bridgehead atoms. The molecule has 2 fully saturated rings. The average molecular weight is 361 g/mol. The summed E-state index contributed by atoms with van der Waals surface area (Å²) >= 11 is 0. The van der Waals surface area contributed by atoms with Crippen LogP contribution < -0.4 is 5.32 Å². The van der Waals surface area contributed by atoms with Crippen LogP contribution in [0.25, 0.3) is 0 Å². The molecule has 25 heavy (non-hydrogen) atoms. The minimum atomic E-state index is -1.08. The van der Waals surface area contributed by atoms with Crippen LogP contribution in [0.4, 0.5) is 4.79 Å². The van der Waals surface area contributed by atoms with Gasteiger partial charge in [-0.25, -0.2) is 4.79 Å². The monoisotopic (exact) mass is 361 g/mol. The fourth-order valence-electron chi connectivity index (χ4n) is 2.99. The number of methoxy groups -OCH3 is 1. The number of carbonyl (C=O) groups is 2. The number of carboxylic acid groups (broad SMARTS) is 1. The number of amides is 1. The highest BCUT2D eigenvalue weighted by molar-refractivity contribution is 5.71. The Hall–Kier alpha value is -1.42. The van der Waals surface area contributed by atoms with E-state index >= 15 is 0 Å². The van der Waals surface area contributed by atoms with Crippen LogP contribution >= 0.6 is 0 Å². The summed E-state index contributed by atoms with van der Waals surface area (Å²) in [5, 5.41) is 11.7. The van der Waals surface area contributed by atoms with Gasteiger partial charge in [-0.05, 0) is 34.6 Å². The molecule has 1 amide bonds. The largest absolute Gasteiger partial charge is 0.481 e. The quantitative estimate of drug-likeness (QED) is 0.752. The lowest BCUT2D eigenvalue weighted by Crippen LogP contribution is -2.52. The van der Waals surface area contributed by atoms with Crippen LogP contribution in [0.15, 0.2) is 0 Å². The van der Waals surface area contributed by atoms with Crippen molar-refractivity contribution in [1.29, 1.82) is 0 Å². The van der Waals surface area contributed by atoms with Gasteiger partial charge in [-0.2, -0.15) is 0 Å². The van der Waals surface area contributed by atoms with E-state index in [2.05, 4.69) is 5.32 Å². The fourth-order valence-corrected chi connectivity index (χ4v) is 2.99. The van der Waals surface area contributed by atoms with Gasteiger partial charge in [-0.3, -0.25) is 4.79 Å². The SMILES string of the molecule is CO[C@@H]1[C@H]2OC(C)(C)O[C@H]2O[C@@H]1[C@@H](CC(=O)O)NC(=O)OC(C)(C)C. The topological polar surface area (TPSA) is 113 Å². The van der Waals surface area contributed by atoms with Crippen LogP contribution in [0.5, 0.6) is 0 Å². The summed E-state index contributed by atoms with van der Waals surface area (Å²) in [6, 6.07) is -0.863. The number of hydrogen-bond donors (Lipinski definition) is 2. The Labute approximate surface area is 146 Å². The molecule has 2 N–H and O–H groups in total. The van der Waals surface area contributed by atoms with Gasteiger partial charge in [0.2, 0.25) is 0 Å². The molecule has 2 rings (SSSR count). The summed E-state index contributed by atoms with van der Waals surface area (Å²) in [6.07, 6.45) is -3.63. The Morgan fingerprint density at radius 1 is 1.28 bits per heavy atom. The Balaban J connectivity index is 2.12. The van der Waals surface area contributed by atoms with Crippen molar-refractivity contribution in [2.45, 2.75) is 83.1 Å². The average Bonchev–Trinajstić information content (AvgIpc) is 2.86. The maximum Gasteiger partial charge on any atom is 0.407 e. The van der Waals surface area contributed by atoms with Gasteiger partial charge in [0, 0.05) is 7.11 Å². The molecule has 0 aromatic carbocycles. The highest BCUT2D eigenvalue weighted by Gasteiger charge is 2.57. The number of hydrogen-bond acceptors (Lipinski definition) is 7. The van der Waals surface area contributed by atoms with Crippen LogP contribution in [-0.4, -0.2) is 66.3 Å². The fraction of sp³-hybridized carbons (Fsp3) is 0.875. The molecule has 0 saturated carbocycles. The van der Waals surface area contributed by atoms with Gasteiger partial charge < -0.3 is 34.1 Å². The van der Waals surface area contributed by atoms with Gasteiger partial charge in [0.25, 0.3) is 0 Å². The van der Waals surface area contributed by atoms with E-state index in [0.717, 1.165) is 0 Å². The van der Waals surface area contributed by atoms with Crippen molar-refractivity contribution >= 4 is 12.1 Å². The number of fused-ring (bicyclic) bond motifs is 1. The Morgan fingerprint density at radius 2 is 1.92 bits per heavy atom. The molecule has 9 nitrogen and oxygen atoms in total. The van der Waals surface area contributed by atoms with E-state index in [-0.39, 0.29) is 6.42 Å². The van der Waals surface area contributed by atoms with Gasteiger partial charge >= 0.3 is 12.1 Å². The van der Waals surface area contributed by atoms with Gasteiger partial charge in [0.05, 0.1) is 12.5 Å². The van der Waals surface area contributed by atoms with Crippen molar-refractivity contribution in [3.8, 4) is 0 Å². The number of rotatable bonds is 5. The minimum absolute atomic E-state index is 0.355. The molecule has 9 heteroatoms. The van der Waals surface area contributed by atoms with Gasteiger partial charge in [-0.15, -0.1) is 0 Å². The van der Waals surface area contributed by atoms with E-state index in [9.17, 15) is 14.7 Å². The van der Waals surface area contributed by atoms with E-state index in [1.807, 2.05) is 0 Å². The maximum atomic E-state index is 12.1. The first kappa shape index (κ1) is 19.9. The third-order valence-electron chi connectivity index (χ3n) is 3.79. The minimum Gasteiger partial charge on any atom is -0.481 e. The molecule has 2 aliphatic heterocycles. The van der Waals surface area contributed by atoms with Gasteiger partial charge in [0.1, 0.15) is 23.9 Å². The van der Waals surface area contributed by atoms with Crippen LogP contribution in [0.2, 0.25) is 0 Å². The van der Waals surface area contributed by atoms with Gasteiger partial charge in [0.15, 0.2) is 12.1 Å². The second-order valence-corrected chi connectivity index (χ2v) is 7.62. The van der Waals surface area contributed by atoms with Crippen LogP contribution in [0.1, 0.15) is 41.0 Å². The number of nitrogens with one attached hydrogen (secondary N) is 1. The van der Waals surface area contributed by atoms with Crippen LogP contribution in [-0.2, 0) is 28.5 Å². The van der Waals surface area contributed by atoms with Crippen molar-refractivity contribution in [3.05, 3.63) is 0 Å². The lowest BCUT2D eigenvalue weighted by molar-refractivity contribution is -0.220.